The standard InChI is InChI=1S/C24H24N2O3S/c1-18-12-14-19(15-13-18)7-6-16-25-24(27)17-26-22-10-4-2-8-20(22)21-9-3-5-11-23(21)30(26,28)29/h2-5,8-15H,6-7,16-17H2,1H3,(H,25,27). The molecule has 3 aromatic rings. The highest BCUT2D eigenvalue weighted by atomic mass is 32.2. The summed E-state index contributed by atoms with van der Waals surface area (Å²) in [4.78, 5) is 12.8. The highest BCUT2D eigenvalue weighted by Crippen LogP contribution is 2.42. The minimum Gasteiger partial charge on any atom is -0.355 e. The molecule has 0 spiro atoms. The fourth-order valence-electron chi connectivity index (χ4n) is 3.71. The number of benzene rings is 3. The molecule has 0 aliphatic carbocycles. The second-order valence-electron chi connectivity index (χ2n) is 7.46. The third-order valence-corrected chi connectivity index (χ3v) is 7.11. The minimum absolute atomic E-state index is 0.232. The van der Waals surface area contributed by atoms with Crippen LogP contribution in [0.3, 0.4) is 0 Å². The highest BCUT2D eigenvalue weighted by Gasteiger charge is 2.35. The number of anilines is 1. The number of amides is 1. The smallest absolute Gasteiger partial charge is 0.265 e. The Kier molecular flexibility index (Phi) is 5.59. The Hall–Kier alpha value is -3.12. The number of nitrogens with zero attached hydrogens (tertiary/aromatic N) is 1. The van der Waals surface area contributed by atoms with E-state index in [1.165, 1.54) is 15.4 Å². The van der Waals surface area contributed by atoms with Gasteiger partial charge in [-0.2, -0.15) is 0 Å². The molecule has 4 rings (SSSR count). The molecule has 1 aliphatic heterocycles. The normalized spacial score (nSPS) is 14.0. The molecular weight excluding hydrogens is 396 g/mol. The molecule has 0 fully saturated rings. The van der Waals surface area contributed by atoms with Crippen LogP contribution >= 0.6 is 0 Å². The summed E-state index contributed by atoms with van der Waals surface area (Å²) >= 11 is 0. The Morgan fingerprint density at radius 3 is 2.33 bits per heavy atom. The molecule has 6 heteroatoms. The van der Waals surface area contributed by atoms with Crippen LogP contribution in [0.1, 0.15) is 17.5 Å². The predicted molar refractivity (Wildman–Crippen MR) is 119 cm³/mol. The van der Waals surface area contributed by atoms with Crippen LogP contribution in [-0.4, -0.2) is 27.4 Å². The summed E-state index contributed by atoms with van der Waals surface area (Å²) in [5.41, 5.74) is 4.46. The van der Waals surface area contributed by atoms with E-state index >= 15 is 0 Å². The molecule has 0 saturated carbocycles. The number of carbonyl (C=O) groups excluding carboxylic acids is 1. The van der Waals surface area contributed by atoms with Crippen molar-refractivity contribution < 1.29 is 13.2 Å². The Labute approximate surface area is 177 Å². The SMILES string of the molecule is Cc1ccc(CCCNC(=O)CN2c3ccccc3-c3ccccc3S2(=O)=O)cc1. The van der Waals surface area contributed by atoms with Crippen LogP contribution in [-0.2, 0) is 21.2 Å². The highest BCUT2D eigenvalue weighted by molar-refractivity contribution is 7.93. The van der Waals surface area contributed by atoms with Crippen molar-refractivity contribution in [2.45, 2.75) is 24.7 Å². The van der Waals surface area contributed by atoms with E-state index in [9.17, 15) is 13.2 Å². The van der Waals surface area contributed by atoms with Gasteiger partial charge in [-0.15, -0.1) is 0 Å². The molecule has 0 aromatic heterocycles. The van der Waals surface area contributed by atoms with Crippen LogP contribution < -0.4 is 9.62 Å². The van der Waals surface area contributed by atoms with Gasteiger partial charge in [-0.1, -0.05) is 66.2 Å². The van der Waals surface area contributed by atoms with Crippen molar-refractivity contribution in [1.82, 2.24) is 5.32 Å². The van der Waals surface area contributed by atoms with Crippen LogP contribution in [0.25, 0.3) is 11.1 Å². The first kappa shape index (κ1) is 20.2. The minimum atomic E-state index is -3.80. The lowest BCUT2D eigenvalue weighted by Gasteiger charge is -2.31. The zero-order valence-electron chi connectivity index (χ0n) is 16.8. The Bertz CT molecular complexity index is 1170. The number of nitrogens with one attached hydrogen (secondary N) is 1. The van der Waals surface area contributed by atoms with E-state index in [4.69, 9.17) is 0 Å². The Balaban J connectivity index is 1.45. The Morgan fingerprint density at radius 1 is 0.900 bits per heavy atom. The van der Waals surface area contributed by atoms with Crippen molar-refractivity contribution >= 4 is 21.6 Å². The number of fused-ring (bicyclic) bond motifs is 3. The molecule has 0 saturated heterocycles. The fourth-order valence-corrected chi connectivity index (χ4v) is 5.36. The summed E-state index contributed by atoms with van der Waals surface area (Å²) in [6.45, 7) is 2.31. The zero-order chi connectivity index (χ0) is 21.1. The summed E-state index contributed by atoms with van der Waals surface area (Å²) in [5, 5.41) is 2.86. The molecule has 0 bridgehead atoms. The van der Waals surface area contributed by atoms with Crippen molar-refractivity contribution in [3.63, 3.8) is 0 Å². The van der Waals surface area contributed by atoms with E-state index in [-0.39, 0.29) is 17.3 Å². The van der Waals surface area contributed by atoms with Crippen molar-refractivity contribution in [1.29, 1.82) is 0 Å². The van der Waals surface area contributed by atoms with Crippen LogP contribution in [0.4, 0.5) is 5.69 Å². The van der Waals surface area contributed by atoms with E-state index in [0.29, 0.717) is 17.8 Å². The molecule has 1 heterocycles. The molecule has 154 valence electrons. The van der Waals surface area contributed by atoms with E-state index in [2.05, 4.69) is 36.5 Å². The zero-order valence-corrected chi connectivity index (χ0v) is 17.7. The molecule has 1 N–H and O–H groups in total. The van der Waals surface area contributed by atoms with Crippen LogP contribution in [0.5, 0.6) is 0 Å². The largest absolute Gasteiger partial charge is 0.355 e. The van der Waals surface area contributed by atoms with Gasteiger partial charge in [-0.05, 0) is 37.5 Å². The molecule has 1 aliphatic rings. The van der Waals surface area contributed by atoms with Crippen LogP contribution in [0.2, 0.25) is 0 Å². The molecule has 0 atom stereocenters. The summed E-state index contributed by atoms with van der Waals surface area (Å²) in [5.74, 6) is -0.309. The maximum Gasteiger partial charge on any atom is 0.265 e. The van der Waals surface area contributed by atoms with Gasteiger partial charge in [0.2, 0.25) is 5.91 Å². The van der Waals surface area contributed by atoms with Gasteiger partial charge in [0, 0.05) is 17.7 Å². The first-order chi connectivity index (χ1) is 14.5. The topological polar surface area (TPSA) is 66.5 Å². The number of hydrogen-bond donors (Lipinski definition) is 1. The van der Waals surface area contributed by atoms with Crippen molar-refractivity contribution in [3.05, 3.63) is 83.9 Å². The van der Waals surface area contributed by atoms with Crippen molar-refractivity contribution in [2.24, 2.45) is 0 Å². The molecule has 1 amide bonds. The number of para-hydroxylation sites is 1. The lowest BCUT2D eigenvalue weighted by Crippen LogP contribution is -2.42. The van der Waals surface area contributed by atoms with Gasteiger partial charge in [0.25, 0.3) is 10.0 Å². The molecular formula is C24H24N2O3S. The fraction of sp³-hybridized carbons (Fsp3) is 0.208. The summed E-state index contributed by atoms with van der Waals surface area (Å²) in [6.07, 6.45) is 1.65. The average molecular weight is 421 g/mol. The first-order valence-electron chi connectivity index (χ1n) is 10.0. The van der Waals surface area contributed by atoms with Crippen molar-refractivity contribution in [3.8, 4) is 11.1 Å². The molecule has 30 heavy (non-hydrogen) atoms. The lowest BCUT2D eigenvalue weighted by atomic mass is 10.0. The number of rotatable bonds is 6. The Morgan fingerprint density at radius 2 is 1.57 bits per heavy atom. The van der Waals surface area contributed by atoms with Gasteiger partial charge < -0.3 is 5.32 Å². The summed E-state index contributed by atoms with van der Waals surface area (Å²) in [7, 11) is -3.80. The van der Waals surface area contributed by atoms with E-state index in [1.54, 1.807) is 30.3 Å². The van der Waals surface area contributed by atoms with Crippen molar-refractivity contribution in [2.75, 3.05) is 17.4 Å². The van der Waals surface area contributed by atoms with Gasteiger partial charge in [-0.3, -0.25) is 9.10 Å². The van der Waals surface area contributed by atoms with Gasteiger partial charge in [0.15, 0.2) is 0 Å². The van der Waals surface area contributed by atoms with Crippen LogP contribution in [0, 0.1) is 6.92 Å². The van der Waals surface area contributed by atoms with Gasteiger partial charge in [0.1, 0.15) is 6.54 Å². The number of sulfonamides is 1. The number of aryl methyl sites for hydroxylation is 2. The van der Waals surface area contributed by atoms with Gasteiger partial charge in [0.05, 0.1) is 10.6 Å². The molecule has 5 nitrogen and oxygen atoms in total. The average Bonchev–Trinajstić information content (AvgIpc) is 2.75. The lowest BCUT2D eigenvalue weighted by molar-refractivity contribution is -0.119. The number of hydrogen-bond acceptors (Lipinski definition) is 3. The van der Waals surface area contributed by atoms with E-state index in [0.717, 1.165) is 18.4 Å². The predicted octanol–water partition coefficient (Wildman–Crippen LogP) is 3.92. The van der Waals surface area contributed by atoms with E-state index < -0.39 is 10.0 Å². The molecule has 3 aromatic carbocycles. The monoisotopic (exact) mass is 420 g/mol. The second-order valence-corrected chi connectivity index (χ2v) is 9.29. The summed E-state index contributed by atoms with van der Waals surface area (Å²) < 4.78 is 27.6. The van der Waals surface area contributed by atoms with E-state index in [1.807, 2.05) is 18.2 Å². The third-order valence-electron chi connectivity index (χ3n) is 5.29. The van der Waals surface area contributed by atoms with Gasteiger partial charge in [-0.25, -0.2) is 8.42 Å². The number of carbonyl (C=O) groups is 1. The third kappa shape index (κ3) is 3.96. The maximum absolute atomic E-state index is 13.2. The quantitative estimate of drug-likeness (QED) is 0.615. The first-order valence-corrected chi connectivity index (χ1v) is 11.4. The van der Waals surface area contributed by atoms with Gasteiger partial charge >= 0.3 is 0 Å². The van der Waals surface area contributed by atoms with Crippen LogP contribution in [0.15, 0.2) is 77.7 Å². The summed E-state index contributed by atoms with van der Waals surface area (Å²) in [6, 6.07) is 22.5. The maximum atomic E-state index is 13.2. The molecule has 0 radical (unpaired) electrons. The second kappa shape index (κ2) is 8.32. The molecule has 0 unspecified atom stereocenters.